The van der Waals surface area contributed by atoms with E-state index in [9.17, 15) is 0 Å². The van der Waals surface area contributed by atoms with Gasteiger partial charge in [-0.15, -0.1) is 0 Å². The van der Waals surface area contributed by atoms with Crippen LogP contribution >= 0.6 is 34.8 Å². The van der Waals surface area contributed by atoms with Gasteiger partial charge in [0.25, 0.3) is 0 Å². The van der Waals surface area contributed by atoms with Crippen molar-refractivity contribution in [1.82, 2.24) is 9.97 Å². The van der Waals surface area contributed by atoms with Crippen LogP contribution in [0.2, 0.25) is 15.2 Å². The average molecular weight is 350 g/mol. The summed E-state index contributed by atoms with van der Waals surface area (Å²) in [4.78, 5) is 7.80. The van der Waals surface area contributed by atoms with Gasteiger partial charge in [0.15, 0.2) is 0 Å². The monoisotopic (exact) mass is 348 g/mol. The summed E-state index contributed by atoms with van der Waals surface area (Å²) in [7, 11) is 0. The first-order valence-electron chi connectivity index (χ1n) is 6.16. The first kappa shape index (κ1) is 18.1. The second-order valence-electron chi connectivity index (χ2n) is 4.06. The van der Waals surface area contributed by atoms with Gasteiger partial charge in [0.2, 0.25) is 0 Å². The van der Waals surface area contributed by atoms with E-state index in [0.29, 0.717) is 15.6 Å². The van der Waals surface area contributed by atoms with E-state index in [0.717, 1.165) is 17.7 Å². The van der Waals surface area contributed by atoms with Crippen LogP contribution in [-0.2, 0) is 19.6 Å². The van der Waals surface area contributed by atoms with E-state index in [-0.39, 0.29) is 18.4 Å². The second-order valence-corrected chi connectivity index (χ2v) is 5.23. The van der Waals surface area contributed by atoms with Crippen molar-refractivity contribution in [2.75, 3.05) is 0 Å². The van der Waals surface area contributed by atoms with Gasteiger partial charge in [-0.2, -0.15) is 0 Å². The molecule has 7 heteroatoms. The number of aliphatic hydroxyl groups is 2. The second kappa shape index (κ2) is 9.18. The Kier molecular flexibility index (Phi) is 7.93. The van der Waals surface area contributed by atoms with Crippen LogP contribution in [0, 0.1) is 0 Å². The van der Waals surface area contributed by atoms with Crippen molar-refractivity contribution >= 4 is 34.8 Å². The van der Waals surface area contributed by atoms with E-state index in [1.807, 2.05) is 6.92 Å². The van der Waals surface area contributed by atoms with Gasteiger partial charge in [-0.25, -0.2) is 4.98 Å². The zero-order chi connectivity index (χ0) is 15.8. The van der Waals surface area contributed by atoms with E-state index in [4.69, 9.17) is 45.0 Å². The summed E-state index contributed by atoms with van der Waals surface area (Å²) in [5.74, 6) is 0. The number of rotatable bonds is 3. The Morgan fingerprint density at radius 1 is 0.905 bits per heavy atom. The molecule has 2 rings (SSSR count). The van der Waals surface area contributed by atoms with Crippen molar-refractivity contribution in [2.45, 2.75) is 26.6 Å². The van der Waals surface area contributed by atoms with Crippen LogP contribution < -0.4 is 0 Å². The number of aliphatic hydroxyl groups excluding tert-OH is 2. The summed E-state index contributed by atoms with van der Waals surface area (Å²) in [6.45, 7) is 1.92. The van der Waals surface area contributed by atoms with Crippen LogP contribution in [0.1, 0.15) is 23.7 Å². The van der Waals surface area contributed by atoms with Gasteiger partial charge in [-0.1, -0.05) is 41.7 Å². The van der Waals surface area contributed by atoms with E-state index < -0.39 is 0 Å². The minimum Gasteiger partial charge on any atom is -0.392 e. The van der Waals surface area contributed by atoms with Crippen molar-refractivity contribution in [1.29, 1.82) is 0 Å². The standard InChI is InChI=1S/C8H10ClNO.C6H5Cl2NO/c1-2-8-7(9)3-6(5-11)4-10-8;7-5-1-4(3-10)2-9-6(5)8/h3-4,11H,2,5H2,1H3;1-2,10H,3H2. The Balaban J connectivity index is 0.000000211. The van der Waals surface area contributed by atoms with Gasteiger partial charge in [0, 0.05) is 12.4 Å². The predicted octanol–water partition coefficient (Wildman–Crippen LogP) is 3.67. The molecule has 21 heavy (non-hydrogen) atoms. The minimum absolute atomic E-state index is 0.00326. The molecule has 114 valence electrons. The molecule has 2 heterocycles. The molecule has 0 amide bonds. The van der Waals surface area contributed by atoms with Crippen LogP contribution in [0.25, 0.3) is 0 Å². The molecule has 0 radical (unpaired) electrons. The molecule has 0 aliphatic heterocycles. The summed E-state index contributed by atoms with van der Waals surface area (Å²) in [5, 5.41) is 18.6. The summed E-state index contributed by atoms with van der Waals surface area (Å²) in [5.41, 5.74) is 2.30. The molecule has 0 aromatic carbocycles. The SMILES string of the molecule is CCc1ncc(CO)cc1Cl.OCc1cnc(Cl)c(Cl)c1. The fourth-order valence-electron chi connectivity index (χ4n) is 1.40. The van der Waals surface area contributed by atoms with Gasteiger partial charge in [0.05, 0.1) is 29.0 Å². The molecular formula is C14H15Cl3N2O2. The van der Waals surface area contributed by atoms with Crippen LogP contribution in [-0.4, -0.2) is 20.2 Å². The molecular weight excluding hydrogens is 335 g/mol. The van der Waals surface area contributed by atoms with E-state index in [1.165, 1.54) is 6.20 Å². The maximum Gasteiger partial charge on any atom is 0.147 e. The zero-order valence-corrected chi connectivity index (χ0v) is 13.6. The third-order valence-electron chi connectivity index (χ3n) is 2.53. The summed E-state index contributed by atoms with van der Waals surface area (Å²) < 4.78 is 0. The fraction of sp³-hybridized carbons (Fsp3) is 0.286. The average Bonchev–Trinajstić information content (AvgIpc) is 2.50. The van der Waals surface area contributed by atoms with Gasteiger partial charge < -0.3 is 10.2 Å². The minimum atomic E-state index is -0.0656. The lowest BCUT2D eigenvalue weighted by atomic mass is 10.2. The first-order valence-corrected chi connectivity index (χ1v) is 7.30. The van der Waals surface area contributed by atoms with E-state index in [1.54, 1.807) is 18.3 Å². The Labute approximate surface area is 138 Å². The summed E-state index contributed by atoms with van der Waals surface area (Å²) >= 11 is 16.9. The fourth-order valence-corrected chi connectivity index (χ4v) is 2.01. The molecule has 0 aliphatic carbocycles. The maximum absolute atomic E-state index is 8.73. The lowest BCUT2D eigenvalue weighted by molar-refractivity contribution is 0.281. The van der Waals surface area contributed by atoms with Crippen LogP contribution in [0.5, 0.6) is 0 Å². The third-order valence-corrected chi connectivity index (χ3v) is 3.54. The summed E-state index contributed by atoms with van der Waals surface area (Å²) in [6.07, 6.45) is 3.95. The number of nitrogens with zero attached hydrogens (tertiary/aromatic N) is 2. The van der Waals surface area contributed by atoms with E-state index >= 15 is 0 Å². The molecule has 4 nitrogen and oxygen atoms in total. The van der Waals surface area contributed by atoms with Crippen molar-refractivity contribution in [2.24, 2.45) is 0 Å². The molecule has 0 saturated carbocycles. The highest BCUT2D eigenvalue weighted by molar-refractivity contribution is 6.41. The quantitative estimate of drug-likeness (QED) is 0.830. The maximum atomic E-state index is 8.73. The highest BCUT2D eigenvalue weighted by Gasteiger charge is 2.00. The number of hydrogen-bond acceptors (Lipinski definition) is 4. The molecule has 2 N–H and O–H groups in total. The molecule has 0 bridgehead atoms. The highest BCUT2D eigenvalue weighted by Crippen LogP contribution is 2.19. The van der Waals surface area contributed by atoms with Crippen molar-refractivity contribution in [3.05, 3.63) is 56.5 Å². The molecule has 0 saturated heterocycles. The lowest BCUT2D eigenvalue weighted by Gasteiger charge is -2.00. The summed E-state index contributed by atoms with van der Waals surface area (Å²) in [6, 6.07) is 3.32. The Morgan fingerprint density at radius 3 is 1.86 bits per heavy atom. The topological polar surface area (TPSA) is 66.2 Å². The third kappa shape index (κ3) is 5.77. The van der Waals surface area contributed by atoms with Gasteiger partial charge in [0.1, 0.15) is 5.15 Å². The zero-order valence-electron chi connectivity index (χ0n) is 11.4. The van der Waals surface area contributed by atoms with Crippen molar-refractivity contribution < 1.29 is 10.2 Å². The number of aryl methyl sites for hydroxylation is 1. The Bertz CT molecular complexity index is 594. The van der Waals surface area contributed by atoms with Crippen molar-refractivity contribution in [3.63, 3.8) is 0 Å². The number of hydrogen-bond donors (Lipinski definition) is 2. The van der Waals surface area contributed by atoms with Gasteiger partial charge in [-0.3, -0.25) is 4.98 Å². The Morgan fingerprint density at radius 2 is 1.43 bits per heavy atom. The molecule has 0 spiro atoms. The molecule has 0 aliphatic rings. The predicted molar refractivity (Wildman–Crippen MR) is 84.7 cm³/mol. The molecule has 0 atom stereocenters. The van der Waals surface area contributed by atoms with Crippen LogP contribution in [0.3, 0.4) is 0 Å². The largest absolute Gasteiger partial charge is 0.392 e. The van der Waals surface area contributed by atoms with Crippen molar-refractivity contribution in [3.8, 4) is 0 Å². The normalized spacial score (nSPS) is 10.0. The molecule has 0 unspecified atom stereocenters. The number of aromatic nitrogens is 2. The smallest absolute Gasteiger partial charge is 0.147 e. The van der Waals surface area contributed by atoms with E-state index in [2.05, 4.69) is 9.97 Å². The van der Waals surface area contributed by atoms with Crippen LogP contribution in [0.4, 0.5) is 0 Å². The number of halogens is 3. The lowest BCUT2D eigenvalue weighted by Crippen LogP contribution is -1.91. The molecule has 2 aromatic heterocycles. The van der Waals surface area contributed by atoms with Gasteiger partial charge in [-0.05, 0) is 29.7 Å². The van der Waals surface area contributed by atoms with Gasteiger partial charge >= 0.3 is 0 Å². The molecule has 2 aromatic rings. The molecule has 0 fully saturated rings. The first-order chi connectivity index (χ1) is 10.0. The number of pyridine rings is 2. The highest BCUT2D eigenvalue weighted by atomic mass is 35.5. The van der Waals surface area contributed by atoms with Crippen LogP contribution in [0.15, 0.2) is 24.5 Å². The Hall–Kier alpha value is -0.910.